The van der Waals surface area contributed by atoms with Gasteiger partial charge in [0.15, 0.2) is 0 Å². The molecule has 3 rings (SSSR count). The van der Waals surface area contributed by atoms with Crippen molar-refractivity contribution in [3.05, 3.63) is 0 Å². The SMILES string of the molecule is CCN1CCCC1CN1CC(C(=O)NC2CCNCC2)CC1=O. The topological polar surface area (TPSA) is 64.7 Å². The Bertz CT molecular complexity index is 436. The highest BCUT2D eigenvalue weighted by molar-refractivity contribution is 5.89. The van der Waals surface area contributed by atoms with E-state index in [1.165, 1.54) is 12.8 Å². The molecule has 0 radical (unpaired) electrons. The number of amides is 2. The van der Waals surface area contributed by atoms with Gasteiger partial charge in [-0.3, -0.25) is 14.5 Å². The minimum Gasteiger partial charge on any atom is -0.353 e. The van der Waals surface area contributed by atoms with Gasteiger partial charge in [0.05, 0.1) is 5.92 Å². The van der Waals surface area contributed by atoms with Crippen LogP contribution in [0.3, 0.4) is 0 Å². The van der Waals surface area contributed by atoms with Gasteiger partial charge in [0.1, 0.15) is 0 Å². The van der Waals surface area contributed by atoms with Gasteiger partial charge in [-0.1, -0.05) is 6.92 Å². The number of piperidine rings is 1. The molecule has 2 N–H and O–H groups in total. The van der Waals surface area contributed by atoms with Crippen molar-refractivity contribution < 1.29 is 9.59 Å². The van der Waals surface area contributed by atoms with E-state index in [1.807, 2.05) is 4.90 Å². The highest BCUT2D eigenvalue weighted by atomic mass is 16.2. The Morgan fingerprint density at radius 3 is 2.83 bits per heavy atom. The molecule has 23 heavy (non-hydrogen) atoms. The molecule has 3 aliphatic rings. The van der Waals surface area contributed by atoms with Crippen LogP contribution in [0.2, 0.25) is 0 Å². The van der Waals surface area contributed by atoms with E-state index in [4.69, 9.17) is 0 Å². The Balaban J connectivity index is 1.49. The summed E-state index contributed by atoms with van der Waals surface area (Å²) in [5.74, 6) is 0.0683. The first kappa shape index (κ1) is 16.7. The van der Waals surface area contributed by atoms with Crippen molar-refractivity contribution in [3.63, 3.8) is 0 Å². The van der Waals surface area contributed by atoms with Crippen LogP contribution in [0.4, 0.5) is 0 Å². The van der Waals surface area contributed by atoms with Crippen molar-refractivity contribution in [2.75, 3.05) is 39.3 Å². The number of hydrogen-bond donors (Lipinski definition) is 2. The second kappa shape index (κ2) is 7.62. The molecular weight excluding hydrogens is 292 g/mol. The van der Waals surface area contributed by atoms with Gasteiger partial charge < -0.3 is 15.5 Å². The molecule has 2 atom stereocenters. The number of nitrogens with zero attached hydrogens (tertiary/aromatic N) is 2. The average molecular weight is 322 g/mol. The molecule has 0 saturated carbocycles. The first-order chi connectivity index (χ1) is 11.2. The molecule has 3 aliphatic heterocycles. The Kier molecular flexibility index (Phi) is 5.54. The number of hydrogen-bond acceptors (Lipinski definition) is 4. The lowest BCUT2D eigenvalue weighted by Gasteiger charge is -2.28. The molecule has 0 spiro atoms. The van der Waals surface area contributed by atoms with Crippen molar-refractivity contribution in [3.8, 4) is 0 Å². The molecule has 6 heteroatoms. The molecule has 0 aliphatic carbocycles. The molecule has 0 aromatic carbocycles. The van der Waals surface area contributed by atoms with Crippen molar-refractivity contribution in [1.29, 1.82) is 0 Å². The lowest BCUT2D eigenvalue weighted by atomic mass is 10.0. The molecule has 2 amide bonds. The van der Waals surface area contributed by atoms with E-state index >= 15 is 0 Å². The Labute approximate surface area is 139 Å². The van der Waals surface area contributed by atoms with Crippen LogP contribution in [-0.4, -0.2) is 73.0 Å². The van der Waals surface area contributed by atoms with Crippen LogP contribution in [-0.2, 0) is 9.59 Å². The van der Waals surface area contributed by atoms with Gasteiger partial charge in [0.2, 0.25) is 11.8 Å². The van der Waals surface area contributed by atoms with Crippen LogP contribution >= 0.6 is 0 Å². The second-order valence-corrected chi connectivity index (χ2v) is 7.16. The van der Waals surface area contributed by atoms with Crippen molar-refractivity contribution in [1.82, 2.24) is 20.4 Å². The number of carbonyl (C=O) groups is 2. The van der Waals surface area contributed by atoms with Crippen molar-refractivity contribution in [2.45, 2.75) is 51.1 Å². The molecule has 6 nitrogen and oxygen atoms in total. The molecule has 3 fully saturated rings. The van der Waals surface area contributed by atoms with Crippen LogP contribution in [0.5, 0.6) is 0 Å². The fourth-order valence-corrected chi connectivity index (χ4v) is 4.18. The molecule has 2 unspecified atom stereocenters. The number of likely N-dealkylation sites (N-methyl/N-ethyl adjacent to an activating group) is 1. The summed E-state index contributed by atoms with van der Waals surface area (Å²) in [5.41, 5.74) is 0. The zero-order chi connectivity index (χ0) is 16.2. The number of carbonyl (C=O) groups excluding carboxylic acids is 2. The molecule has 3 saturated heterocycles. The minimum absolute atomic E-state index is 0.0755. The fourth-order valence-electron chi connectivity index (χ4n) is 4.18. The summed E-state index contributed by atoms with van der Waals surface area (Å²) < 4.78 is 0. The Hall–Kier alpha value is -1.14. The molecule has 130 valence electrons. The zero-order valence-corrected chi connectivity index (χ0v) is 14.2. The predicted octanol–water partition coefficient (Wildman–Crippen LogP) is 0.187. The Morgan fingerprint density at radius 2 is 2.09 bits per heavy atom. The summed E-state index contributed by atoms with van der Waals surface area (Å²) in [6.07, 6.45) is 4.76. The Morgan fingerprint density at radius 1 is 1.30 bits per heavy atom. The summed E-state index contributed by atoms with van der Waals surface area (Å²) in [6.45, 7) is 7.70. The van der Waals surface area contributed by atoms with Crippen molar-refractivity contribution in [2.24, 2.45) is 5.92 Å². The summed E-state index contributed by atoms with van der Waals surface area (Å²) in [4.78, 5) is 29.1. The molecule has 0 bridgehead atoms. The predicted molar refractivity (Wildman–Crippen MR) is 89.0 cm³/mol. The third kappa shape index (κ3) is 4.04. The van der Waals surface area contributed by atoms with Gasteiger partial charge in [0.25, 0.3) is 0 Å². The summed E-state index contributed by atoms with van der Waals surface area (Å²) in [5, 5.41) is 6.45. The lowest BCUT2D eigenvalue weighted by Crippen LogP contribution is -2.45. The molecule has 0 aromatic rings. The molecule has 0 aromatic heterocycles. The number of nitrogens with one attached hydrogen (secondary N) is 2. The normalized spacial score (nSPS) is 30.1. The van der Waals surface area contributed by atoms with E-state index in [-0.39, 0.29) is 23.8 Å². The quantitative estimate of drug-likeness (QED) is 0.758. The summed E-state index contributed by atoms with van der Waals surface area (Å²) in [7, 11) is 0. The van der Waals surface area contributed by atoms with Crippen LogP contribution < -0.4 is 10.6 Å². The van der Waals surface area contributed by atoms with E-state index in [0.717, 1.165) is 45.6 Å². The minimum atomic E-state index is -0.158. The monoisotopic (exact) mass is 322 g/mol. The van der Waals surface area contributed by atoms with E-state index < -0.39 is 0 Å². The fraction of sp³-hybridized carbons (Fsp3) is 0.882. The van der Waals surface area contributed by atoms with Gasteiger partial charge in [-0.15, -0.1) is 0 Å². The maximum absolute atomic E-state index is 12.4. The third-order valence-corrected chi connectivity index (χ3v) is 5.61. The molecular formula is C17H30N4O2. The summed E-state index contributed by atoms with van der Waals surface area (Å²) in [6, 6.07) is 0.758. The lowest BCUT2D eigenvalue weighted by molar-refractivity contribution is -0.129. The zero-order valence-electron chi connectivity index (χ0n) is 14.2. The van der Waals surface area contributed by atoms with Crippen LogP contribution in [0, 0.1) is 5.92 Å². The first-order valence-corrected chi connectivity index (χ1v) is 9.20. The van der Waals surface area contributed by atoms with Gasteiger partial charge in [-0.05, 0) is 51.9 Å². The maximum atomic E-state index is 12.4. The smallest absolute Gasteiger partial charge is 0.225 e. The van der Waals surface area contributed by atoms with E-state index in [1.54, 1.807) is 0 Å². The number of rotatable bonds is 5. The van der Waals surface area contributed by atoms with E-state index in [0.29, 0.717) is 19.0 Å². The van der Waals surface area contributed by atoms with Gasteiger partial charge in [-0.2, -0.15) is 0 Å². The van der Waals surface area contributed by atoms with Crippen LogP contribution in [0.15, 0.2) is 0 Å². The van der Waals surface area contributed by atoms with Crippen LogP contribution in [0.25, 0.3) is 0 Å². The van der Waals surface area contributed by atoms with Crippen molar-refractivity contribution >= 4 is 11.8 Å². The maximum Gasteiger partial charge on any atom is 0.225 e. The second-order valence-electron chi connectivity index (χ2n) is 7.16. The van der Waals surface area contributed by atoms with Gasteiger partial charge in [0, 0.05) is 31.6 Å². The number of likely N-dealkylation sites (tertiary alicyclic amines) is 2. The van der Waals surface area contributed by atoms with E-state index in [9.17, 15) is 9.59 Å². The van der Waals surface area contributed by atoms with Gasteiger partial charge >= 0.3 is 0 Å². The van der Waals surface area contributed by atoms with E-state index in [2.05, 4.69) is 22.5 Å². The largest absolute Gasteiger partial charge is 0.353 e. The average Bonchev–Trinajstić information content (AvgIpc) is 3.15. The highest BCUT2D eigenvalue weighted by Gasteiger charge is 2.37. The molecule has 3 heterocycles. The highest BCUT2D eigenvalue weighted by Crippen LogP contribution is 2.23. The summed E-state index contributed by atoms with van der Waals surface area (Å²) >= 11 is 0. The van der Waals surface area contributed by atoms with Crippen LogP contribution in [0.1, 0.15) is 39.0 Å². The van der Waals surface area contributed by atoms with Gasteiger partial charge in [-0.25, -0.2) is 0 Å². The first-order valence-electron chi connectivity index (χ1n) is 9.20. The standard InChI is InChI=1S/C17H30N4O2/c1-2-20-9-3-4-15(20)12-21-11-13(10-16(21)22)17(23)19-14-5-7-18-8-6-14/h13-15,18H,2-12H2,1H3,(H,19,23). The third-order valence-electron chi connectivity index (χ3n) is 5.61.